The van der Waals surface area contributed by atoms with Crippen molar-refractivity contribution in [3.63, 3.8) is 0 Å². The SMILES string of the molecule is C=CCc1cc(C=Nn2c(-c3ccccc3)nc3ccccc3c2=O)cc(OC)c1OCc1ccc(Cl)cc1. The predicted molar refractivity (Wildman–Crippen MR) is 157 cm³/mol. The molecule has 1 aromatic heterocycles. The van der Waals surface area contributed by atoms with E-state index in [-0.39, 0.29) is 5.56 Å². The fourth-order valence-corrected chi connectivity index (χ4v) is 4.37. The standard InChI is InChI=1S/C32H26ClN3O3/c1-3-9-25-18-23(19-29(38-2)30(25)39-21-22-14-16-26(33)17-15-22)20-34-36-31(24-10-5-4-6-11-24)35-28-13-8-7-12-27(28)32(36)37/h3-8,10-20H,1,9,21H2,2H3. The van der Waals surface area contributed by atoms with Crippen LogP contribution in [0.4, 0.5) is 0 Å². The highest BCUT2D eigenvalue weighted by Crippen LogP contribution is 2.34. The van der Waals surface area contributed by atoms with Gasteiger partial charge in [0.15, 0.2) is 17.3 Å². The first-order valence-corrected chi connectivity index (χ1v) is 12.8. The third kappa shape index (κ3) is 5.76. The Labute approximate surface area is 231 Å². The van der Waals surface area contributed by atoms with Crippen LogP contribution in [0.1, 0.15) is 16.7 Å². The molecule has 0 unspecified atom stereocenters. The van der Waals surface area contributed by atoms with Gasteiger partial charge in [0, 0.05) is 16.1 Å². The average molecular weight is 536 g/mol. The molecule has 5 rings (SSSR count). The van der Waals surface area contributed by atoms with Gasteiger partial charge in [0.25, 0.3) is 5.56 Å². The summed E-state index contributed by atoms with van der Waals surface area (Å²) in [5, 5.41) is 5.75. The van der Waals surface area contributed by atoms with Gasteiger partial charge in [0.2, 0.25) is 0 Å². The normalized spacial score (nSPS) is 11.1. The van der Waals surface area contributed by atoms with Crippen molar-refractivity contribution in [1.29, 1.82) is 0 Å². The van der Waals surface area contributed by atoms with Crippen LogP contribution < -0.4 is 15.0 Å². The predicted octanol–water partition coefficient (Wildman–Crippen LogP) is 6.92. The second-order valence-electron chi connectivity index (χ2n) is 8.80. The number of methoxy groups -OCH3 is 1. The highest BCUT2D eigenvalue weighted by Gasteiger charge is 2.15. The molecule has 5 aromatic rings. The molecule has 0 fully saturated rings. The second kappa shape index (κ2) is 11.8. The van der Waals surface area contributed by atoms with Gasteiger partial charge in [-0.15, -0.1) is 6.58 Å². The summed E-state index contributed by atoms with van der Waals surface area (Å²) < 4.78 is 13.2. The van der Waals surface area contributed by atoms with E-state index >= 15 is 0 Å². The van der Waals surface area contributed by atoms with E-state index < -0.39 is 0 Å². The number of para-hydroxylation sites is 1. The van der Waals surface area contributed by atoms with Crippen LogP contribution in [0.3, 0.4) is 0 Å². The molecule has 7 heteroatoms. The summed E-state index contributed by atoms with van der Waals surface area (Å²) in [6.07, 6.45) is 3.99. The Morgan fingerprint density at radius 3 is 2.49 bits per heavy atom. The highest BCUT2D eigenvalue weighted by molar-refractivity contribution is 6.30. The van der Waals surface area contributed by atoms with Crippen molar-refractivity contribution in [3.05, 3.63) is 136 Å². The van der Waals surface area contributed by atoms with Crippen LogP contribution in [-0.4, -0.2) is 23.0 Å². The van der Waals surface area contributed by atoms with Crippen LogP contribution in [-0.2, 0) is 13.0 Å². The smallest absolute Gasteiger partial charge is 0.282 e. The zero-order valence-corrected chi connectivity index (χ0v) is 22.1. The molecule has 0 N–H and O–H groups in total. The lowest BCUT2D eigenvalue weighted by molar-refractivity contribution is 0.282. The summed E-state index contributed by atoms with van der Waals surface area (Å²) >= 11 is 6.01. The van der Waals surface area contributed by atoms with Gasteiger partial charge in [-0.05, 0) is 53.9 Å². The number of hydrogen-bond acceptors (Lipinski definition) is 5. The number of nitrogens with zero attached hydrogens (tertiary/aromatic N) is 3. The van der Waals surface area contributed by atoms with Crippen molar-refractivity contribution in [3.8, 4) is 22.9 Å². The topological polar surface area (TPSA) is 65.7 Å². The fourth-order valence-electron chi connectivity index (χ4n) is 4.25. The van der Waals surface area contributed by atoms with E-state index in [1.54, 1.807) is 25.5 Å². The maximum atomic E-state index is 13.5. The molecule has 6 nitrogen and oxygen atoms in total. The molecule has 4 aromatic carbocycles. The number of ether oxygens (including phenoxy) is 2. The van der Waals surface area contributed by atoms with Crippen LogP contribution in [0.5, 0.6) is 11.5 Å². The number of fused-ring (bicyclic) bond motifs is 1. The van der Waals surface area contributed by atoms with Crippen molar-refractivity contribution in [1.82, 2.24) is 9.66 Å². The lowest BCUT2D eigenvalue weighted by Gasteiger charge is -2.16. The van der Waals surface area contributed by atoms with E-state index in [9.17, 15) is 4.79 Å². The zero-order valence-electron chi connectivity index (χ0n) is 21.4. The molecule has 0 spiro atoms. The first-order valence-electron chi connectivity index (χ1n) is 12.4. The largest absolute Gasteiger partial charge is 0.493 e. The summed E-state index contributed by atoms with van der Waals surface area (Å²) in [5.41, 5.74) is 3.75. The Bertz CT molecular complexity index is 1710. The number of hydrogen-bond donors (Lipinski definition) is 0. The van der Waals surface area contributed by atoms with Gasteiger partial charge in [-0.2, -0.15) is 9.78 Å². The van der Waals surface area contributed by atoms with Crippen LogP contribution in [0, 0.1) is 0 Å². The summed E-state index contributed by atoms with van der Waals surface area (Å²) in [7, 11) is 1.59. The van der Waals surface area contributed by atoms with E-state index in [4.69, 9.17) is 26.1 Å². The van der Waals surface area contributed by atoms with Crippen LogP contribution >= 0.6 is 11.6 Å². The van der Waals surface area contributed by atoms with Gasteiger partial charge >= 0.3 is 0 Å². The van der Waals surface area contributed by atoms with E-state index in [0.29, 0.717) is 46.3 Å². The molecule has 0 amide bonds. The number of allylic oxidation sites excluding steroid dienone is 1. The van der Waals surface area contributed by atoms with Crippen molar-refractivity contribution in [2.75, 3.05) is 7.11 Å². The molecular formula is C32H26ClN3O3. The van der Waals surface area contributed by atoms with Crippen molar-refractivity contribution in [2.45, 2.75) is 13.0 Å². The Morgan fingerprint density at radius 1 is 1.00 bits per heavy atom. The minimum absolute atomic E-state index is 0.253. The van der Waals surface area contributed by atoms with E-state index in [2.05, 4.69) is 11.7 Å². The van der Waals surface area contributed by atoms with Gasteiger partial charge in [-0.1, -0.05) is 72.3 Å². The lowest BCUT2D eigenvalue weighted by atomic mass is 10.1. The van der Waals surface area contributed by atoms with E-state index in [1.165, 1.54) is 4.68 Å². The molecule has 0 aliphatic rings. The second-order valence-corrected chi connectivity index (χ2v) is 9.24. The minimum Gasteiger partial charge on any atom is -0.493 e. The molecule has 194 valence electrons. The summed E-state index contributed by atoms with van der Waals surface area (Å²) in [4.78, 5) is 18.2. The summed E-state index contributed by atoms with van der Waals surface area (Å²) in [5.74, 6) is 1.63. The molecule has 0 radical (unpaired) electrons. The Balaban J connectivity index is 1.55. The Kier molecular flexibility index (Phi) is 7.85. The van der Waals surface area contributed by atoms with Crippen molar-refractivity contribution >= 4 is 28.7 Å². The number of rotatable bonds is 9. The maximum absolute atomic E-state index is 13.5. The summed E-state index contributed by atoms with van der Waals surface area (Å²) in [6, 6.07) is 28.1. The molecule has 1 heterocycles. The minimum atomic E-state index is -0.253. The van der Waals surface area contributed by atoms with Crippen LogP contribution in [0.15, 0.2) is 114 Å². The highest BCUT2D eigenvalue weighted by atomic mass is 35.5. The zero-order chi connectivity index (χ0) is 27.2. The summed E-state index contributed by atoms with van der Waals surface area (Å²) in [6.45, 7) is 4.24. The third-order valence-corrected chi connectivity index (χ3v) is 6.39. The molecule has 0 aliphatic heterocycles. The van der Waals surface area contributed by atoms with Crippen LogP contribution in [0.25, 0.3) is 22.3 Å². The average Bonchev–Trinajstić information content (AvgIpc) is 2.97. The molecule has 39 heavy (non-hydrogen) atoms. The monoisotopic (exact) mass is 535 g/mol. The van der Waals surface area contributed by atoms with Crippen LogP contribution in [0.2, 0.25) is 5.02 Å². The quantitative estimate of drug-likeness (QED) is 0.152. The van der Waals surface area contributed by atoms with Crippen molar-refractivity contribution < 1.29 is 9.47 Å². The number of halogens is 1. The van der Waals surface area contributed by atoms with Gasteiger partial charge < -0.3 is 9.47 Å². The van der Waals surface area contributed by atoms with Gasteiger partial charge in [0.05, 0.1) is 24.2 Å². The Morgan fingerprint density at radius 2 is 1.74 bits per heavy atom. The molecule has 0 atom stereocenters. The Hall–Kier alpha value is -4.68. The molecule has 0 saturated carbocycles. The lowest BCUT2D eigenvalue weighted by Crippen LogP contribution is -2.20. The van der Waals surface area contributed by atoms with Gasteiger partial charge in [-0.25, -0.2) is 4.98 Å². The van der Waals surface area contributed by atoms with E-state index in [0.717, 1.165) is 22.3 Å². The maximum Gasteiger partial charge on any atom is 0.282 e. The fraction of sp³-hybridized carbons (Fsp3) is 0.0938. The number of benzene rings is 4. The first kappa shape index (κ1) is 25.9. The molecule has 0 bridgehead atoms. The van der Waals surface area contributed by atoms with Gasteiger partial charge in [0.1, 0.15) is 6.61 Å². The van der Waals surface area contributed by atoms with E-state index in [1.807, 2.05) is 84.9 Å². The third-order valence-electron chi connectivity index (χ3n) is 6.14. The van der Waals surface area contributed by atoms with Gasteiger partial charge in [-0.3, -0.25) is 4.79 Å². The molecule has 0 saturated heterocycles. The first-order chi connectivity index (χ1) is 19.1. The number of aromatic nitrogens is 2. The van der Waals surface area contributed by atoms with Crippen molar-refractivity contribution in [2.24, 2.45) is 5.10 Å². The molecule has 0 aliphatic carbocycles. The molecular weight excluding hydrogens is 510 g/mol.